The summed E-state index contributed by atoms with van der Waals surface area (Å²) >= 11 is 0. The maximum atomic E-state index is 11.9. The van der Waals surface area contributed by atoms with E-state index in [-0.39, 0.29) is 5.97 Å². The van der Waals surface area contributed by atoms with Crippen LogP contribution in [-0.4, -0.2) is 12.6 Å². The molecule has 94 valence electrons. The van der Waals surface area contributed by atoms with Crippen LogP contribution in [0.4, 0.5) is 0 Å². The van der Waals surface area contributed by atoms with E-state index in [0.29, 0.717) is 12.5 Å². The molecule has 0 bridgehead atoms. The Balaban J connectivity index is 2.78. The van der Waals surface area contributed by atoms with Gasteiger partial charge in [0.1, 0.15) is 0 Å². The van der Waals surface area contributed by atoms with E-state index >= 15 is 0 Å². The summed E-state index contributed by atoms with van der Waals surface area (Å²) in [4.78, 5) is 11.9. The molecule has 17 heavy (non-hydrogen) atoms. The summed E-state index contributed by atoms with van der Waals surface area (Å²) in [6, 6.07) is 7.74. The number of hydrogen-bond acceptors (Lipinski definition) is 2. The summed E-state index contributed by atoms with van der Waals surface area (Å²) in [5, 5.41) is 0. The Labute approximate surface area is 104 Å². The first kappa shape index (κ1) is 13.8. The van der Waals surface area contributed by atoms with E-state index in [0.717, 1.165) is 30.4 Å². The first-order chi connectivity index (χ1) is 8.20. The minimum absolute atomic E-state index is 0.186. The fraction of sp³-hybridized carbons (Fsp3) is 0.533. The molecule has 0 aliphatic rings. The molecular formula is C15H22O2. The summed E-state index contributed by atoms with van der Waals surface area (Å²) < 4.78 is 5.26. The van der Waals surface area contributed by atoms with Gasteiger partial charge in [0, 0.05) is 0 Å². The van der Waals surface area contributed by atoms with Crippen LogP contribution >= 0.6 is 0 Å². The molecule has 0 aliphatic carbocycles. The Morgan fingerprint density at radius 2 is 2.00 bits per heavy atom. The molecule has 0 amide bonds. The lowest BCUT2D eigenvalue weighted by molar-refractivity contribution is 0.0498. The van der Waals surface area contributed by atoms with Crippen molar-refractivity contribution in [2.75, 3.05) is 6.61 Å². The van der Waals surface area contributed by atoms with Crippen LogP contribution in [0.1, 0.15) is 61.9 Å². The average molecular weight is 234 g/mol. The highest BCUT2D eigenvalue weighted by Gasteiger charge is 2.15. The molecule has 0 heterocycles. The predicted molar refractivity (Wildman–Crippen MR) is 70.3 cm³/mol. The van der Waals surface area contributed by atoms with Crippen LogP contribution in [0, 0.1) is 0 Å². The van der Waals surface area contributed by atoms with Gasteiger partial charge in [0.2, 0.25) is 0 Å². The summed E-state index contributed by atoms with van der Waals surface area (Å²) in [5.41, 5.74) is 1.81. The molecule has 0 N–H and O–H groups in total. The largest absolute Gasteiger partial charge is 0.462 e. The maximum Gasteiger partial charge on any atom is 0.338 e. The fourth-order valence-electron chi connectivity index (χ4n) is 1.72. The first-order valence-corrected chi connectivity index (χ1v) is 6.46. The Bertz CT molecular complexity index is 358. The third kappa shape index (κ3) is 3.88. The van der Waals surface area contributed by atoms with Crippen molar-refractivity contribution in [1.29, 1.82) is 0 Å². The monoisotopic (exact) mass is 234 g/mol. The molecular weight excluding hydrogens is 212 g/mol. The highest BCUT2D eigenvalue weighted by molar-refractivity contribution is 5.91. The minimum Gasteiger partial charge on any atom is -0.462 e. The minimum atomic E-state index is -0.186. The van der Waals surface area contributed by atoms with Crippen LogP contribution in [0.15, 0.2) is 24.3 Å². The van der Waals surface area contributed by atoms with Crippen molar-refractivity contribution in [3.05, 3.63) is 35.4 Å². The highest BCUT2D eigenvalue weighted by atomic mass is 16.5. The molecule has 1 rings (SSSR count). The molecule has 0 spiro atoms. The number of esters is 1. The lowest BCUT2D eigenvalue weighted by Crippen LogP contribution is -2.10. The van der Waals surface area contributed by atoms with Gasteiger partial charge in [-0.3, -0.25) is 0 Å². The van der Waals surface area contributed by atoms with Crippen molar-refractivity contribution in [2.45, 2.75) is 46.0 Å². The second kappa shape index (κ2) is 7.10. The topological polar surface area (TPSA) is 26.3 Å². The zero-order valence-electron chi connectivity index (χ0n) is 11.0. The number of unbranched alkanes of at least 4 members (excludes halogenated alkanes) is 1. The van der Waals surface area contributed by atoms with Gasteiger partial charge in [-0.2, -0.15) is 0 Å². The molecule has 1 unspecified atom stereocenters. The van der Waals surface area contributed by atoms with Gasteiger partial charge >= 0.3 is 5.97 Å². The Kier molecular flexibility index (Phi) is 5.75. The standard InChI is InChI=1S/C15H22O2/c1-4-6-11-17-15(16)14-10-8-7-9-13(14)12(3)5-2/h7-10,12H,4-6,11H2,1-3H3. The zero-order chi connectivity index (χ0) is 12.7. The van der Waals surface area contributed by atoms with E-state index in [2.05, 4.69) is 20.8 Å². The average Bonchev–Trinajstić information content (AvgIpc) is 2.38. The Morgan fingerprint density at radius 3 is 2.65 bits per heavy atom. The van der Waals surface area contributed by atoms with Gasteiger partial charge in [0.25, 0.3) is 0 Å². The molecule has 1 aromatic carbocycles. The highest BCUT2D eigenvalue weighted by Crippen LogP contribution is 2.23. The van der Waals surface area contributed by atoms with E-state index in [4.69, 9.17) is 4.74 Å². The van der Waals surface area contributed by atoms with Crippen LogP contribution in [-0.2, 0) is 4.74 Å². The van der Waals surface area contributed by atoms with Gasteiger partial charge in [-0.15, -0.1) is 0 Å². The molecule has 1 atom stereocenters. The molecule has 0 fully saturated rings. The lowest BCUT2D eigenvalue weighted by Gasteiger charge is -2.14. The predicted octanol–water partition coefficient (Wildman–Crippen LogP) is 4.16. The van der Waals surface area contributed by atoms with Crippen molar-refractivity contribution in [3.8, 4) is 0 Å². The molecule has 0 aliphatic heterocycles. The van der Waals surface area contributed by atoms with Crippen LogP contribution in [0.3, 0.4) is 0 Å². The van der Waals surface area contributed by atoms with Crippen LogP contribution in [0.2, 0.25) is 0 Å². The molecule has 0 aromatic heterocycles. The van der Waals surface area contributed by atoms with E-state index < -0.39 is 0 Å². The number of benzene rings is 1. The number of hydrogen-bond donors (Lipinski definition) is 0. The smallest absolute Gasteiger partial charge is 0.338 e. The van der Waals surface area contributed by atoms with Gasteiger partial charge in [-0.1, -0.05) is 45.4 Å². The van der Waals surface area contributed by atoms with E-state index in [1.807, 2.05) is 24.3 Å². The van der Waals surface area contributed by atoms with Gasteiger partial charge in [0.15, 0.2) is 0 Å². The molecule has 1 aromatic rings. The van der Waals surface area contributed by atoms with Crippen molar-refractivity contribution >= 4 is 5.97 Å². The number of rotatable bonds is 6. The van der Waals surface area contributed by atoms with Crippen LogP contribution < -0.4 is 0 Å². The molecule has 0 radical (unpaired) electrons. The number of ether oxygens (including phenoxy) is 1. The summed E-state index contributed by atoms with van der Waals surface area (Å²) in [6.45, 7) is 6.87. The Morgan fingerprint density at radius 1 is 1.29 bits per heavy atom. The third-order valence-corrected chi connectivity index (χ3v) is 3.06. The summed E-state index contributed by atoms with van der Waals surface area (Å²) in [5.74, 6) is 0.208. The van der Waals surface area contributed by atoms with Crippen molar-refractivity contribution in [1.82, 2.24) is 0 Å². The lowest BCUT2D eigenvalue weighted by atomic mass is 9.94. The third-order valence-electron chi connectivity index (χ3n) is 3.06. The number of carbonyl (C=O) groups is 1. The van der Waals surface area contributed by atoms with Gasteiger partial charge in [-0.25, -0.2) is 4.79 Å². The van der Waals surface area contributed by atoms with E-state index in [9.17, 15) is 4.79 Å². The van der Waals surface area contributed by atoms with Gasteiger partial charge < -0.3 is 4.74 Å². The molecule has 2 nitrogen and oxygen atoms in total. The molecule has 0 saturated carbocycles. The summed E-state index contributed by atoms with van der Waals surface area (Å²) in [6.07, 6.45) is 3.00. The van der Waals surface area contributed by atoms with E-state index in [1.54, 1.807) is 0 Å². The summed E-state index contributed by atoms with van der Waals surface area (Å²) in [7, 11) is 0. The SMILES string of the molecule is CCCCOC(=O)c1ccccc1C(C)CC. The quantitative estimate of drug-likeness (QED) is 0.546. The second-order valence-corrected chi connectivity index (χ2v) is 4.39. The van der Waals surface area contributed by atoms with Crippen molar-refractivity contribution in [3.63, 3.8) is 0 Å². The number of carbonyl (C=O) groups excluding carboxylic acids is 1. The zero-order valence-corrected chi connectivity index (χ0v) is 11.0. The second-order valence-electron chi connectivity index (χ2n) is 4.39. The van der Waals surface area contributed by atoms with Gasteiger partial charge in [0.05, 0.1) is 12.2 Å². The normalized spacial score (nSPS) is 12.2. The van der Waals surface area contributed by atoms with Crippen LogP contribution in [0.5, 0.6) is 0 Å². The Hall–Kier alpha value is -1.31. The molecule has 2 heteroatoms. The fourth-order valence-corrected chi connectivity index (χ4v) is 1.72. The van der Waals surface area contributed by atoms with Gasteiger partial charge in [-0.05, 0) is 30.4 Å². The van der Waals surface area contributed by atoms with Crippen molar-refractivity contribution in [2.24, 2.45) is 0 Å². The van der Waals surface area contributed by atoms with Crippen molar-refractivity contribution < 1.29 is 9.53 Å². The van der Waals surface area contributed by atoms with E-state index in [1.165, 1.54) is 0 Å². The molecule has 0 saturated heterocycles. The first-order valence-electron chi connectivity index (χ1n) is 6.46. The maximum absolute atomic E-state index is 11.9. The van der Waals surface area contributed by atoms with Crippen LogP contribution in [0.25, 0.3) is 0 Å².